The van der Waals surface area contributed by atoms with E-state index < -0.39 is 0 Å². The van der Waals surface area contributed by atoms with Crippen molar-refractivity contribution in [1.82, 2.24) is 0 Å². The minimum Gasteiger partial charge on any atom is -0.493 e. The first-order valence-electron chi connectivity index (χ1n) is 6.30. The molecule has 3 heteroatoms. The first-order valence-corrected chi connectivity index (χ1v) is 6.30. The Morgan fingerprint density at radius 2 is 2.05 bits per heavy atom. The van der Waals surface area contributed by atoms with Gasteiger partial charge in [-0.3, -0.25) is 0 Å². The third kappa shape index (κ3) is 4.79. The van der Waals surface area contributed by atoms with Crippen LogP contribution in [0.5, 0.6) is 11.5 Å². The first kappa shape index (κ1) is 15.3. The second kappa shape index (κ2) is 7.64. The summed E-state index contributed by atoms with van der Waals surface area (Å²) in [6.07, 6.45) is 5.58. The van der Waals surface area contributed by atoms with Crippen molar-refractivity contribution in [2.75, 3.05) is 20.3 Å². The Morgan fingerprint density at radius 3 is 2.63 bits per heavy atom. The SMILES string of the molecule is COc1cc(/C=C/CO)cc(C)c1OCC=C(C)C. The van der Waals surface area contributed by atoms with Crippen molar-refractivity contribution in [2.45, 2.75) is 20.8 Å². The van der Waals surface area contributed by atoms with Gasteiger partial charge in [-0.05, 0) is 50.1 Å². The molecule has 1 rings (SSSR count). The predicted octanol–water partition coefficient (Wildman–Crippen LogP) is 3.35. The number of allylic oxidation sites excluding steroid dienone is 1. The Bertz CT molecular complexity index is 469. The monoisotopic (exact) mass is 262 g/mol. The van der Waals surface area contributed by atoms with Gasteiger partial charge in [0.1, 0.15) is 6.61 Å². The molecule has 0 bridgehead atoms. The van der Waals surface area contributed by atoms with Crippen molar-refractivity contribution in [2.24, 2.45) is 0 Å². The fourth-order valence-electron chi connectivity index (χ4n) is 1.68. The average molecular weight is 262 g/mol. The van der Waals surface area contributed by atoms with Gasteiger partial charge in [-0.1, -0.05) is 17.7 Å². The van der Waals surface area contributed by atoms with Gasteiger partial charge in [0, 0.05) is 0 Å². The lowest BCUT2D eigenvalue weighted by Crippen LogP contribution is -1.99. The molecule has 0 spiro atoms. The lowest BCUT2D eigenvalue weighted by molar-refractivity contribution is 0.323. The molecule has 0 aliphatic rings. The maximum atomic E-state index is 8.80. The van der Waals surface area contributed by atoms with Gasteiger partial charge in [-0.2, -0.15) is 0 Å². The maximum absolute atomic E-state index is 8.80. The molecule has 0 atom stereocenters. The molecule has 0 fully saturated rings. The van der Waals surface area contributed by atoms with E-state index in [2.05, 4.69) is 0 Å². The van der Waals surface area contributed by atoms with E-state index in [0.717, 1.165) is 16.9 Å². The first-order chi connectivity index (χ1) is 9.08. The number of ether oxygens (including phenoxy) is 2. The summed E-state index contributed by atoms with van der Waals surface area (Å²) in [7, 11) is 1.63. The minimum atomic E-state index is 0.0280. The predicted molar refractivity (Wildman–Crippen MR) is 78.8 cm³/mol. The molecule has 0 aliphatic carbocycles. The molecule has 3 nitrogen and oxygen atoms in total. The molecule has 0 saturated carbocycles. The molecular formula is C16H22O3. The van der Waals surface area contributed by atoms with Crippen LogP contribution in [0.1, 0.15) is 25.0 Å². The van der Waals surface area contributed by atoms with Crippen LogP contribution in [0.4, 0.5) is 0 Å². The van der Waals surface area contributed by atoms with E-state index in [1.165, 1.54) is 5.57 Å². The summed E-state index contributed by atoms with van der Waals surface area (Å²) in [5, 5.41) is 8.80. The van der Waals surface area contributed by atoms with Crippen molar-refractivity contribution in [3.05, 3.63) is 41.0 Å². The summed E-state index contributed by atoms with van der Waals surface area (Å²) in [4.78, 5) is 0. The van der Waals surface area contributed by atoms with Gasteiger partial charge in [0.15, 0.2) is 11.5 Å². The number of methoxy groups -OCH3 is 1. The van der Waals surface area contributed by atoms with E-state index in [0.29, 0.717) is 12.4 Å². The highest BCUT2D eigenvalue weighted by atomic mass is 16.5. The van der Waals surface area contributed by atoms with Crippen molar-refractivity contribution in [1.29, 1.82) is 0 Å². The normalized spacial score (nSPS) is 10.6. The molecule has 0 radical (unpaired) electrons. The van der Waals surface area contributed by atoms with Crippen molar-refractivity contribution >= 4 is 6.08 Å². The Kier molecular flexibility index (Phi) is 6.16. The van der Waals surface area contributed by atoms with Crippen LogP contribution in [0.2, 0.25) is 0 Å². The van der Waals surface area contributed by atoms with Crippen LogP contribution < -0.4 is 9.47 Å². The van der Waals surface area contributed by atoms with Gasteiger partial charge >= 0.3 is 0 Å². The molecule has 0 heterocycles. The topological polar surface area (TPSA) is 38.7 Å². The fourth-order valence-corrected chi connectivity index (χ4v) is 1.68. The molecule has 1 aromatic carbocycles. The lowest BCUT2D eigenvalue weighted by atomic mass is 10.1. The molecule has 1 aromatic rings. The highest BCUT2D eigenvalue weighted by Gasteiger charge is 2.09. The van der Waals surface area contributed by atoms with E-state index in [1.54, 1.807) is 13.2 Å². The van der Waals surface area contributed by atoms with Gasteiger partial charge in [0.25, 0.3) is 0 Å². The van der Waals surface area contributed by atoms with Crippen LogP contribution in [0.15, 0.2) is 29.9 Å². The van der Waals surface area contributed by atoms with Crippen LogP contribution in [0, 0.1) is 6.92 Å². The lowest BCUT2D eigenvalue weighted by Gasteiger charge is -2.13. The number of hydrogen-bond donors (Lipinski definition) is 1. The zero-order valence-corrected chi connectivity index (χ0v) is 12.1. The number of aliphatic hydroxyl groups is 1. The summed E-state index contributed by atoms with van der Waals surface area (Å²) in [5.74, 6) is 1.47. The van der Waals surface area contributed by atoms with E-state index in [-0.39, 0.29) is 6.61 Å². The molecular weight excluding hydrogens is 240 g/mol. The van der Waals surface area contributed by atoms with Gasteiger partial charge in [0.05, 0.1) is 13.7 Å². The largest absolute Gasteiger partial charge is 0.493 e. The summed E-state index contributed by atoms with van der Waals surface area (Å²) in [6, 6.07) is 3.91. The molecule has 104 valence electrons. The summed E-state index contributed by atoms with van der Waals surface area (Å²) < 4.78 is 11.1. The molecule has 0 aromatic heterocycles. The molecule has 0 amide bonds. The van der Waals surface area contributed by atoms with Crippen LogP contribution >= 0.6 is 0 Å². The Hall–Kier alpha value is -1.74. The Labute approximate surface area is 115 Å². The third-order valence-corrected chi connectivity index (χ3v) is 2.62. The van der Waals surface area contributed by atoms with E-state index in [4.69, 9.17) is 14.6 Å². The van der Waals surface area contributed by atoms with Crippen molar-refractivity contribution in [3.63, 3.8) is 0 Å². The number of hydrogen-bond acceptors (Lipinski definition) is 3. The number of rotatable bonds is 6. The van der Waals surface area contributed by atoms with E-state index in [9.17, 15) is 0 Å². The second-order valence-corrected chi connectivity index (χ2v) is 4.55. The molecule has 0 unspecified atom stereocenters. The molecule has 1 N–H and O–H groups in total. The average Bonchev–Trinajstić information content (AvgIpc) is 2.37. The number of aliphatic hydroxyl groups excluding tert-OH is 1. The van der Waals surface area contributed by atoms with Crippen molar-refractivity contribution in [3.8, 4) is 11.5 Å². The zero-order valence-electron chi connectivity index (χ0n) is 12.1. The third-order valence-electron chi connectivity index (χ3n) is 2.62. The summed E-state index contributed by atoms with van der Waals surface area (Å²) in [5.41, 5.74) is 3.22. The molecule has 0 saturated heterocycles. The number of benzene rings is 1. The van der Waals surface area contributed by atoms with Crippen LogP contribution in [0.25, 0.3) is 6.08 Å². The van der Waals surface area contributed by atoms with E-state index in [1.807, 2.05) is 45.1 Å². The summed E-state index contributed by atoms with van der Waals surface area (Å²) in [6.45, 7) is 6.62. The molecule has 19 heavy (non-hydrogen) atoms. The molecule has 0 aliphatic heterocycles. The van der Waals surface area contributed by atoms with Gasteiger partial charge in [0.2, 0.25) is 0 Å². The van der Waals surface area contributed by atoms with Crippen molar-refractivity contribution < 1.29 is 14.6 Å². The fraction of sp³-hybridized carbons (Fsp3) is 0.375. The van der Waals surface area contributed by atoms with Crippen LogP contribution in [-0.4, -0.2) is 25.4 Å². The smallest absolute Gasteiger partial charge is 0.164 e. The standard InChI is InChI=1S/C16H22O3/c1-12(2)7-9-19-16-13(3)10-14(6-5-8-17)11-15(16)18-4/h5-7,10-11,17H,8-9H2,1-4H3/b6-5+. The number of aryl methyl sites for hydroxylation is 1. The zero-order chi connectivity index (χ0) is 14.3. The van der Waals surface area contributed by atoms with Gasteiger partial charge in [-0.15, -0.1) is 0 Å². The quantitative estimate of drug-likeness (QED) is 0.799. The minimum absolute atomic E-state index is 0.0280. The van der Waals surface area contributed by atoms with Gasteiger partial charge < -0.3 is 14.6 Å². The maximum Gasteiger partial charge on any atom is 0.164 e. The summed E-state index contributed by atoms with van der Waals surface area (Å²) >= 11 is 0. The highest BCUT2D eigenvalue weighted by Crippen LogP contribution is 2.32. The van der Waals surface area contributed by atoms with Crippen LogP contribution in [-0.2, 0) is 0 Å². The second-order valence-electron chi connectivity index (χ2n) is 4.55. The highest BCUT2D eigenvalue weighted by molar-refractivity contribution is 5.59. The van der Waals surface area contributed by atoms with Crippen LogP contribution in [0.3, 0.4) is 0 Å². The Balaban J connectivity index is 2.97. The van der Waals surface area contributed by atoms with E-state index >= 15 is 0 Å². The Morgan fingerprint density at radius 1 is 1.32 bits per heavy atom. The van der Waals surface area contributed by atoms with Gasteiger partial charge in [-0.25, -0.2) is 0 Å².